The second-order valence-corrected chi connectivity index (χ2v) is 10.3. The average Bonchev–Trinajstić information content (AvgIpc) is 2.86. The minimum Gasteiger partial charge on any atom is -0.425 e. The summed E-state index contributed by atoms with van der Waals surface area (Å²) >= 11 is 0. The summed E-state index contributed by atoms with van der Waals surface area (Å²) in [7, 11) is -4.00. The fourth-order valence-corrected chi connectivity index (χ4v) is 5.17. The van der Waals surface area contributed by atoms with E-state index in [1.807, 2.05) is 44.2 Å². The Labute approximate surface area is 209 Å². The monoisotopic (exact) mass is 505 g/mol. The SMILES string of the molecule is CCc1cc(=O)oc2c(C)c(OC(=O)[C@@H](Cc3ccccc3)NS(=O)(=O)c3ccc(C)cc3)ccc12. The largest absolute Gasteiger partial charge is 0.425 e. The Hall–Kier alpha value is -3.75. The van der Waals surface area contributed by atoms with Crippen LogP contribution in [0.25, 0.3) is 11.0 Å². The van der Waals surface area contributed by atoms with Crippen molar-refractivity contribution in [3.05, 3.63) is 105 Å². The number of ether oxygens (including phenoxy) is 1. The van der Waals surface area contributed by atoms with E-state index in [9.17, 15) is 18.0 Å². The maximum absolute atomic E-state index is 13.3. The number of esters is 1. The van der Waals surface area contributed by atoms with Crippen LogP contribution in [0.1, 0.15) is 29.2 Å². The molecule has 186 valence electrons. The molecule has 4 rings (SSSR count). The van der Waals surface area contributed by atoms with Crippen LogP contribution >= 0.6 is 0 Å². The molecule has 1 atom stereocenters. The average molecular weight is 506 g/mol. The molecule has 0 aliphatic heterocycles. The summed E-state index contributed by atoms with van der Waals surface area (Å²) in [5, 5.41) is 0.760. The van der Waals surface area contributed by atoms with Gasteiger partial charge in [-0.05, 0) is 62.1 Å². The first kappa shape index (κ1) is 25.3. The standard InChI is InChI=1S/C28H27NO6S/c1-4-21-17-26(30)35-27-19(3)25(15-14-23(21)27)34-28(31)24(16-20-8-6-5-7-9-20)29-36(32,33)22-12-10-18(2)11-13-22/h5-15,17,24,29H,4,16H2,1-3H3/t24-/m1/s1. The van der Waals surface area contributed by atoms with Gasteiger partial charge in [-0.15, -0.1) is 0 Å². The second-order valence-electron chi connectivity index (χ2n) is 8.61. The van der Waals surface area contributed by atoms with Crippen molar-refractivity contribution in [1.82, 2.24) is 4.72 Å². The number of sulfonamides is 1. The minimum atomic E-state index is -4.00. The van der Waals surface area contributed by atoms with Gasteiger partial charge in [-0.25, -0.2) is 18.0 Å². The fraction of sp³-hybridized carbons (Fsp3) is 0.214. The van der Waals surface area contributed by atoms with Gasteiger partial charge in [0.15, 0.2) is 0 Å². The van der Waals surface area contributed by atoms with Crippen LogP contribution in [0.3, 0.4) is 0 Å². The molecular weight excluding hydrogens is 478 g/mol. The summed E-state index contributed by atoms with van der Waals surface area (Å²) in [6.07, 6.45) is 0.729. The van der Waals surface area contributed by atoms with E-state index in [-0.39, 0.29) is 17.1 Å². The maximum atomic E-state index is 13.3. The third-order valence-corrected chi connectivity index (χ3v) is 7.47. The zero-order chi connectivity index (χ0) is 25.9. The first-order valence-corrected chi connectivity index (χ1v) is 13.1. The molecule has 7 nitrogen and oxygen atoms in total. The Morgan fingerprint density at radius 1 is 1.00 bits per heavy atom. The number of rotatable bonds is 8. The van der Waals surface area contributed by atoms with Crippen molar-refractivity contribution in [3.63, 3.8) is 0 Å². The third kappa shape index (κ3) is 5.56. The molecule has 1 heterocycles. The number of carbonyl (C=O) groups is 1. The first-order valence-electron chi connectivity index (χ1n) is 11.6. The summed E-state index contributed by atoms with van der Waals surface area (Å²) in [5.41, 5.74) is 2.84. The summed E-state index contributed by atoms with van der Waals surface area (Å²) in [6, 6.07) is 19.1. The molecule has 0 saturated carbocycles. The lowest BCUT2D eigenvalue weighted by Gasteiger charge is -2.19. The smallest absolute Gasteiger partial charge is 0.336 e. The Balaban J connectivity index is 1.67. The molecule has 0 aliphatic rings. The van der Waals surface area contributed by atoms with Gasteiger partial charge in [-0.3, -0.25) is 0 Å². The van der Waals surface area contributed by atoms with Gasteiger partial charge in [0, 0.05) is 17.0 Å². The lowest BCUT2D eigenvalue weighted by molar-refractivity contribution is -0.136. The minimum absolute atomic E-state index is 0.0507. The predicted octanol–water partition coefficient (Wildman–Crippen LogP) is 4.47. The van der Waals surface area contributed by atoms with Crippen molar-refractivity contribution >= 4 is 27.0 Å². The molecule has 0 saturated heterocycles. The van der Waals surface area contributed by atoms with Gasteiger partial charge >= 0.3 is 11.6 Å². The molecular formula is C28H27NO6S. The number of nitrogens with one attached hydrogen (secondary N) is 1. The molecule has 4 aromatic rings. The molecule has 0 unspecified atom stereocenters. The third-order valence-electron chi connectivity index (χ3n) is 5.98. The van der Waals surface area contributed by atoms with E-state index in [2.05, 4.69) is 4.72 Å². The molecule has 3 aromatic carbocycles. The second kappa shape index (κ2) is 10.5. The van der Waals surface area contributed by atoms with Crippen LogP contribution < -0.4 is 15.1 Å². The summed E-state index contributed by atoms with van der Waals surface area (Å²) in [6.45, 7) is 5.48. The highest BCUT2D eigenvalue weighted by molar-refractivity contribution is 7.89. The normalized spacial score (nSPS) is 12.4. The molecule has 1 N–H and O–H groups in total. The van der Waals surface area contributed by atoms with Gasteiger partial charge in [0.1, 0.15) is 17.4 Å². The van der Waals surface area contributed by atoms with E-state index in [1.54, 1.807) is 31.2 Å². The molecule has 0 amide bonds. The Morgan fingerprint density at radius 3 is 2.36 bits per heavy atom. The lowest BCUT2D eigenvalue weighted by atomic mass is 10.0. The van der Waals surface area contributed by atoms with Crippen LogP contribution in [0.15, 0.2) is 86.9 Å². The van der Waals surface area contributed by atoms with Crippen LogP contribution in [0, 0.1) is 13.8 Å². The molecule has 0 bridgehead atoms. The molecule has 0 radical (unpaired) electrons. The first-order chi connectivity index (χ1) is 17.2. The van der Waals surface area contributed by atoms with E-state index >= 15 is 0 Å². The Bertz CT molecular complexity index is 1560. The number of hydrogen-bond donors (Lipinski definition) is 1. The van der Waals surface area contributed by atoms with E-state index in [0.29, 0.717) is 17.6 Å². The Kier molecular flexibility index (Phi) is 7.37. The molecule has 0 spiro atoms. The highest BCUT2D eigenvalue weighted by atomic mass is 32.2. The molecule has 8 heteroatoms. The van der Waals surface area contributed by atoms with Crippen molar-refractivity contribution in [2.75, 3.05) is 0 Å². The highest BCUT2D eigenvalue weighted by Gasteiger charge is 2.28. The van der Waals surface area contributed by atoms with Gasteiger partial charge in [0.2, 0.25) is 10.0 Å². The van der Waals surface area contributed by atoms with Gasteiger partial charge in [-0.1, -0.05) is 55.0 Å². The van der Waals surface area contributed by atoms with E-state index in [0.717, 1.165) is 22.1 Å². The van der Waals surface area contributed by atoms with Gasteiger partial charge in [0.25, 0.3) is 0 Å². The quantitative estimate of drug-likeness (QED) is 0.215. The summed E-state index contributed by atoms with van der Waals surface area (Å²) < 4.78 is 39.7. The number of carbonyl (C=O) groups excluding carboxylic acids is 1. The maximum Gasteiger partial charge on any atom is 0.336 e. The number of hydrogen-bond acceptors (Lipinski definition) is 6. The van der Waals surface area contributed by atoms with Gasteiger partial charge in [0.05, 0.1) is 4.90 Å². The van der Waals surface area contributed by atoms with Crippen molar-refractivity contribution in [3.8, 4) is 5.75 Å². The summed E-state index contributed by atoms with van der Waals surface area (Å²) in [5.74, 6) is -0.581. The fourth-order valence-electron chi connectivity index (χ4n) is 3.99. The molecule has 0 aliphatic carbocycles. The molecule has 36 heavy (non-hydrogen) atoms. The number of fused-ring (bicyclic) bond motifs is 1. The van der Waals surface area contributed by atoms with Crippen molar-refractivity contribution in [2.45, 2.75) is 44.6 Å². The molecule has 0 fully saturated rings. The zero-order valence-corrected chi connectivity index (χ0v) is 21.1. The van der Waals surface area contributed by atoms with Crippen LogP contribution in [-0.2, 0) is 27.7 Å². The Morgan fingerprint density at radius 2 is 1.69 bits per heavy atom. The number of benzene rings is 3. The van der Waals surface area contributed by atoms with Crippen molar-refractivity contribution in [1.29, 1.82) is 0 Å². The van der Waals surface area contributed by atoms with E-state index in [1.165, 1.54) is 18.2 Å². The van der Waals surface area contributed by atoms with Crippen LogP contribution in [0.5, 0.6) is 5.75 Å². The predicted molar refractivity (Wildman–Crippen MR) is 138 cm³/mol. The van der Waals surface area contributed by atoms with E-state index in [4.69, 9.17) is 9.15 Å². The lowest BCUT2D eigenvalue weighted by Crippen LogP contribution is -2.44. The zero-order valence-electron chi connectivity index (χ0n) is 20.3. The van der Waals surface area contributed by atoms with Crippen molar-refractivity contribution in [2.24, 2.45) is 0 Å². The van der Waals surface area contributed by atoms with Crippen molar-refractivity contribution < 1.29 is 22.4 Å². The van der Waals surface area contributed by atoms with E-state index < -0.39 is 27.7 Å². The molecule has 1 aromatic heterocycles. The number of aryl methyl sites for hydroxylation is 3. The van der Waals surface area contributed by atoms with Crippen LogP contribution in [0.2, 0.25) is 0 Å². The van der Waals surface area contributed by atoms with Gasteiger partial charge in [-0.2, -0.15) is 4.72 Å². The summed E-state index contributed by atoms with van der Waals surface area (Å²) in [4.78, 5) is 25.4. The topological polar surface area (TPSA) is 103 Å². The van der Waals surface area contributed by atoms with Gasteiger partial charge < -0.3 is 9.15 Å². The highest BCUT2D eigenvalue weighted by Crippen LogP contribution is 2.29. The van der Waals surface area contributed by atoms with Crippen LogP contribution in [-0.4, -0.2) is 20.4 Å². The van der Waals surface area contributed by atoms with Crippen LogP contribution in [0.4, 0.5) is 0 Å².